The summed E-state index contributed by atoms with van der Waals surface area (Å²) in [5, 5.41) is 3.30. The van der Waals surface area contributed by atoms with Gasteiger partial charge in [-0.05, 0) is 86.5 Å². The molecule has 0 saturated heterocycles. The van der Waals surface area contributed by atoms with E-state index in [9.17, 15) is 0 Å². The average Bonchev–Trinajstić information content (AvgIpc) is 3.68. The van der Waals surface area contributed by atoms with Gasteiger partial charge < -0.3 is 13.8 Å². The van der Waals surface area contributed by atoms with E-state index in [1.165, 1.54) is 22.3 Å². The van der Waals surface area contributed by atoms with Gasteiger partial charge in [-0.15, -0.1) is 0 Å². The Kier molecular flexibility index (Phi) is 15.6. The maximum absolute atomic E-state index is 4.60. The summed E-state index contributed by atoms with van der Waals surface area (Å²) in [7, 11) is -3.20. The second-order valence-corrected chi connectivity index (χ2v) is 23.0. The van der Waals surface area contributed by atoms with Crippen molar-refractivity contribution in [1.82, 2.24) is 0 Å². The molecule has 2 fully saturated rings. The smallest absolute Gasteiger partial charge is 0.342 e. The minimum atomic E-state index is -1.60. The van der Waals surface area contributed by atoms with Crippen molar-refractivity contribution < 1.29 is 26.2 Å². The molecule has 10 radical (unpaired) electrons. The summed E-state index contributed by atoms with van der Waals surface area (Å²) in [5.41, 5.74) is 5.72. The van der Waals surface area contributed by atoms with E-state index in [0.29, 0.717) is 11.8 Å². The van der Waals surface area contributed by atoms with Crippen molar-refractivity contribution in [3.05, 3.63) is 160 Å². The van der Waals surface area contributed by atoms with Crippen molar-refractivity contribution in [1.29, 1.82) is 0 Å². The Balaban J connectivity index is 0.000000446. The van der Waals surface area contributed by atoms with Crippen LogP contribution >= 0.6 is 0 Å². The zero-order chi connectivity index (χ0) is 29.2. The Morgan fingerprint density at radius 3 is 0.927 bits per heavy atom. The van der Waals surface area contributed by atoms with Crippen molar-refractivity contribution in [2.75, 3.05) is 0 Å². The topological polar surface area (TPSA) is 0 Å². The molecule has 0 aromatic heterocycles. The largest absolute Gasteiger partial charge is 2.00 e. The van der Waals surface area contributed by atoms with Crippen LogP contribution < -0.4 is 0 Å². The first-order valence-corrected chi connectivity index (χ1v) is 21.6. The van der Waals surface area contributed by atoms with E-state index in [1.54, 1.807) is 10.4 Å². The van der Waals surface area contributed by atoms with Crippen LogP contribution in [0.15, 0.2) is 71.1 Å². The minimum Gasteiger partial charge on any atom is -0.342 e. The van der Waals surface area contributed by atoms with Crippen LogP contribution in [0.25, 0.3) is 11.1 Å². The van der Waals surface area contributed by atoms with Crippen molar-refractivity contribution in [3.8, 4) is 0 Å². The van der Waals surface area contributed by atoms with Gasteiger partial charge in [0, 0.05) is 0 Å². The molecular formula is C38H48Si2Zr. The molecular weight excluding hydrogens is 604 g/mol. The van der Waals surface area contributed by atoms with Gasteiger partial charge in [0.2, 0.25) is 0 Å². The second-order valence-electron chi connectivity index (χ2n) is 12.8. The van der Waals surface area contributed by atoms with E-state index in [-0.39, 0.29) is 26.2 Å². The first-order valence-electron chi connectivity index (χ1n) is 14.6. The third-order valence-corrected chi connectivity index (χ3v) is 12.0. The van der Waals surface area contributed by atoms with Crippen LogP contribution in [0, 0.1) is 89.9 Å². The van der Waals surface area contributed by atoms with E-state index in [4.69, 9.17) is 0 Å². The Hall–Kier alpha value is -0.763. The minimum absolute atomic E-state index is 0. The Morgan fingerprint density at radius 1 is 0.463 bits per heavy atom. The molecule has 2 saturated carbocycles. The van der Waals surface area contributed by atoms with Gasteiger partial charge in [-0.2, -0.15) is 11.8 Å². The van der Waals surface area contributed by atoms with Gasteiger partial charge >= 0.3 is 26.2 Å². The number of benzene rings is 2. The molecule has 0 nitrogen and oxygen atoms in total. The molecule has 2 atom stereocenters. The Labute approximate surface area is 276 Å². The molecule has 0 heterocycles. The molecule has 0 amide bonds. The standard InChI is InChI=1S/C28H38Si2.2C5H5.Zr/c1-21-19-25(29(3,4)5)27(23-15-11-9-12-16-23)28(24-17-13-10-14-18-24)26(20-22(21)2)30(6,7)8;2*1-2-4-5-3-1;/h9-18,21-22H,1-2,19-20H2,3-8H3;2*1-5H;/q-2;;;+2/b27-25+,28-26+;;;/t21-,22-;;;/m0.../s1. The molecule has 0 spiro atoms. The molecule has 0 aliphatic heterocycles. The normalized spacial score (nSPS) is 25.1. The Morgan fingerprint density at radius 2 is 0.707 bits per heavy atom. The van der Waals surface area contributed by atoms with E-state index in [1.807, 2.05) is 64.2 Å². The van der Waals surface area contributed by atoms with Gasteiger partial charge in [0.25, 0.3) is 0 Å². The summed E-state index contributed by atoms with van der Waals surface area (Å²) in [6.45, 7) is 24.2. The second kappa shape index (κ2) is 17.5. The number of hydrogen-bond acceptors (Lipinski definition) is 0. The fourth-order valence-corrected chi connectivity index (χ4v) is 9.00. The molecule has 5 rings (SSSR count). The van der Waals surface area contributed by atoms with Crippen LogP contribution in [-0.4, -0.2) is 16.1 Å². The van der Waals surface area contributed by atoms with Gasteiger partial charge in [-0.1, -0.05) is 123 Å². The molecule has 0 N–H and O–H groups in total. The maximum atomic E-state index is 4.60. The van der Waals surface area contributed by atoms with E-state index in [2.05, 4.69) is 114 Å². The van der Waals surface area contributed by atoms with E-state index >= 15 is 0 Å². The van der Waals surface area contributed by atoms with Crippen LogP contribution in [-0.2, 0) is 26.2 Å². The van der Waals surface area contributed by atoms with Crippen LogP contribution in [0.5, 0.6) is 0 Å². The van der Waals surface area contributed by atoms with E-state index in [0.717, 1.165) is 12.8 Å². The average molecular weight is 652 g/mol. The molecule has 3 aliphatic carbocycles. The van der Waals surface area contributed by atoms with Crippen molar-refractivity contribution in [3.63, 3.8) is 0 Å². The van der Waals surface area contributed by atoms with Gasteiger partial charge in [0.15, 0.2) is 0 Å². The molecule has 212 valence electrons. The van der Waals surface area contributed by atoms with Gasteiger partial charge in [-0.3, -0.25) is 0 Å². The van der Waals surface area contributed by atoms with Crippen LogP contribution in [0.3, 0.4) is 0 Å². The molecule has 0 unspecified atom stereocenters. The monoisotopic (exact) mass is 650 g/mol. The van der Waals surface area contributed by atoms with Crippen molar-refractivity contribution in [2.45, 2.75) is 52.1 Å². The zero-order valence-corrected chi connectivity index (χ0v) is 30.5. The zero-order valence-electron chi connectivity index (χ0n) is 26.0. The maximum Gasteiger partial charge on any atom is 2.00 e. The Bertz CT molecular complexity index is 974. The van der Waals surface area contributed by atoms with Crippen LogP contribution in [0.1, 0.15) is 24.0 Å². The molecule has 3 aliphatic rings. The summed E-state index contributed by atoms with van der Waals surface area (Å²) >= 11 is 0. The number of allylic oxidation sites excluding steroid dienone is 4. The fraction of sp³-hybridized carbons (Fsp3) is 0.263. The quantitative estimate of drug-likeness (QED) is 0.228. The van der Waals surface area contributed by atoms with Gasteiger partial charge in [0.1, 0.15) is 0 Å². The first kappa shape index (κ1) is 36.4. The van der Waals surface area contributed by atoms with Crippen molar-refractivity contribution >= 4 is 27.3 Å². The predicted octanol–water partition coefficient (Wildman–Crippen LogP) is 10.4. The van der Waals surface area contributed by atoms with Gasteiger partial charge in [-0.25, -0.2) is 0 Å². The van der Waals surface area contributed by atoms with Crippen molar-refractivity contribution in [2.24, 2.45) is 11.8 Å². The molecule has 41 heavy (non-hydrogen) atoms. The summed E-state index contributed by atoms with van der Waals surface area (Å²) in [6, 6.07) is 22.2. The first-order chi connectivity index (χ1) is 19.0. The SMILES string of the molecule is [CH2-][C@H]1C/C([Si](C)(C)C)=C(c2ccccc2)\C(c2ccccc2)=C(\[Si](C)(C)C)C[C@@H]1[CH2-].[CH]1[CH][CH][CH][CH]1.[CH]1[CH][CH][CH][CH]1.[Zr+2]. The van der Waals surface area contributed by atoms with Crippen LogP contribution in [0.4, 0.5) is 0 Å². The molecule has 2 aromatic rings. The fourth-order valence-electron chi connectivity index (χ4n) is 5.21. The molecule has 2 aromatic carbocycles. The molecule has 0 bridgehead atoms. The third kappa shape index (κ3) is 11.3. The summed E-state index contributed by atoms with van der Waals surface area (Å²) in [4.78, 5) is 0. The van der Waals surface area contributed by atoms with Gasteiger partial charge in [0.05, 0.1) is 16.1 Å². The summed E-state index contributed by atoms with van der Waals surface area (Å²) in [6.07, 6.45) is 22.1. The van der Waals surface area contributed by atoms with E-state index < -0.39 is 16.1 Å². The summed E-state index contributed by atoms with van der Waals surface area (Å²) < 4.78 is 0. The third-order valence-electron chi connectivity index (χ3n) is 7.50. The van der Waals surface area contributed by atoms with Crippen LogP contribution in [0.2, 0.25) is 39.3 Å². The number of rotatable bonds is 4. The molecule has 3 heteroatoms. The predicted molar refractivity (Wildman–Crippen MR) is 183 cm³/mol. The number of hydrogen-bond donors (Lipinski definition) is 0. The summed E-state index contributed by atoms with van der Waals surface area (Å²) in [5.74, 6) is 0.711.